The molecule has 0 aromatic heterocycles. The Balaban J connectivity index is 0.000000645. The number of hydrogen-bond acceptors (Lipinski definition) is 9. The average molecular weight is 905 g/mol. The SMILES string of the molecule is C.C.CC(C)(C)[C@@H](COCc1ccccc1)N=C=O.CC(C)(C)[C@H](NC(=O)N[C@H](COCc1ccccc1)C(C)(C)C)C(=O)N1C[C@H]2[C@@H]([C@H]1C(=O)NC(CC1CC1)C(=O)C(N)=O)C2(C)C. The summed E-state index contributed by atoms with van der Waals surface area (Å²) in [5, 5.41) is 8.73. The van der Waals surface area contributed by atoms with Gasteiger partial charge in [-0.1, -0.05) is 165 Å². The summed E-state index contributed by atoms with van der Waals surface area (Å²) in [5.74, 6) is -2.49. The normalized spacial score (nSPS) is 20.2. The van der Waals surface area contributed by atoms with Crippen LogP contribution in [0.4, 0.5) is 4.79 Å². The lowest BCUT2D eigenvalue weighted by Crippen LogP contribution is -2.62. The zero-order chi connectivity index (χ0) is 46.9. The molecule has 3 fully saturated rings. The first-order valence-electron chi connectivity index (χ1n) is 22.2. The Morgan fingerprint density at radius 2 is 1.31 bits per heavy atom. The van der Waals surface area contributed by atoms with Crippen LogP contribution in [0, 0.1) is 39.4 Å². The van der Waals surface area contributed by atoms with Gasteiger partial charge in [-0.25, -0.2) is 9.59 Å². The lowest BCUT2D eigenvalue weighted by molar-refractivity contribution is -0.145. The van der Waals surface area contributed by atoms with E-state index in [0.29, 0.717) is 32.8 Å². The maximum Gasteiger partial charge on any atom is 0.315 e. The van der Waals surface area contributed by atoms with E-state index in [0.717, 1.165) is 24.0 Å². The van der Waals surface area contributed by atoms with E-state index in [2.05, 4.69) is 34.8 Å². The molecule has 7 atom stereocenters. The van der Waals surface area contributed by atoms with Gasteiger partial charge >= 0.3 is 6.03 Å². The van der Waals surface area contributed by atoms with Gasteiger partial charge in [-0.05, 0) is 57.0 Å². The van der Waals surface area contributed by atoms with E-state index < -0.39 is 47.2 Å². The first-order chi connectivity index (χ1) is 29.4. The van der Waals surface area contributed by atoms with Gasteiger partial charge in [0.15, 0.2) is 0 Å². The van der Waals surface area contributed by atoms with Crippen molar-refractivity contribution in [3.8, 4) is 0 Å². The fourth-order valence-electron chi connectivity index (χ4n) is 8.09. The van der Waals surface area contributed by atoms with Crippen LogP contribution in [0.25, 0.3) is 0 Å². The second-order valence-electron chi connectivity index (χ2n) is 21.3. The molecule has 1 aliphatic heterocycles. The van der Waals surface area contributed by atoms with Gasteiger partial charge in [-0.3, -0.25) is 19.2 Å². The van der Waals surface area contributed by atoms with Crippen LogP contribution in [0.3, 0.4) is 0 Å². The molecule has 1 unspecified atom stereocenters. The van der Waals surface area contributed by atoms with Gasteiger partial charge in [0.25, 0.3) is 5.91 Å². The molecule has 3 aliphatic rings. The predicted molar refractivity (Wildman–Crippen MR) is 255 cm³/mol. The number of likely N-dealkylation sites (tertiary alicyclic amines) is 1. The highest BCUT2D eigenvalue weighted by atomic mass is 16.5. The molecule has 362 valence electrons. The molecule has 2 aromatic rings. The molecule has 2 aliphatic carbocycles. The Morgan fingerprint density at radius 1 is 0.785 bits per heavy atom. The number of nitrogens with one attached hydrogen (secondary N) is 3. The second kappa shape index (κ2) is 23.5. The standard InChI is InChI=1S/C35H53N5O6.C14H19NO2.2CH4/c1-33(2,3)24(19-46-18-21-12-10-9-11-13-21)38-32(45)39-28(34(4,5)6)31(44)40-17-22-25(35(22,7)8)26(40)30(43)37-23(16-20-14-15-20)27(41)29(36)42;1-14(2,3)13(15-11-16)10-17-9-12-7-5-4-6-8-12;;/h9-13,20,22-26,28H,14-19H2,1-8H3,(H2,36,42)(H,37,43)(H2,38,39,45);4-8,13H,9-10H2,1-3H3;2*1H4/t22-,23?,24+,25-,26-,28+;13-;;/m01../s1. The summed E-state index contributed by atoms with van der Waals surface area (Å²) in [6.07, 6.45) is 3.83. The van der Waals surface area contributed by atoms with Crippen molar-refractivity contribution in [2.45, 2.75) is 154 Å². The number of primary amides is 1. The molecule has 5 amide bonds. The third-order valence-electron chi connectivity index (χ3n) is 12.6. The third-order valence-corrected chi connectivity index (χ3v) is 12.6. The summed E-state index contributed by atoms with van der Waals surface area (Å²) in [7, 11) is 0. The number of nitrogens with two attached hydrogens (primary N) is 1. The zero-order valence-electron chi connectivity index (χ0n) is 39.3. The molecule has 0 bridgehead atoms. The number of nitrogens with zero attached hydrogens (tertiary/aromatic N) is 2. The Kier molecular flexibility index (Phi) is 20.3. The van der Waals surface area contributed by atoms with Crippen molar-refractivity contribution in [2.24, 2.45) is 50.1 Å². The lowest BCUT2D eigenvalue weighted by Gasteiger charge is -2.38. The molecule has 1 saturated heterocycles. The first-order valence-corrected chi connectivity index (χ1v) is 22.2. The Bertz CT molecular complexity index is 1930. The fraction of sp³-hybridized carbons (Fsp3) is 0.647. The van der Waals surface area contributed by atoms with Gasteiger partial charge in [0.05, 0.1) is 44.6 Å². The minimum absolute atomic E-state index is 0. The van der Waals surface area contributed by atoms with Gasteiger partial charge in [0, 0.05) is 6.54 Å². The molecule has 2 saturated carbocycles. The number of piperidine rings is 1. The van der Waals surface area contributed by atoms with Crippen molar-refractivity contribution < 1.29 is 38.2 Å². The van der Waals surface area contributed by atoms with Crippen LogP contribution in [-0.2, 0) is 46.7 Å². The third kappa shape index (κ3) is 16.2. The number of Topliss-reactive ketones (excluding diaryl/α,β-unsaturated/α-hetero) is 1. The van der Waals surface area contributed by atoms with Crippen LogP contribution in [0.15, 0.2) is 65.7 Å². The minimum Gasteiger partial charge on any atom is -0.375 e. The summed E-state index contributed by atoms with van der Waals surface area (Å²) in [6.45, 7) is 23.9. The molecular weight excluding hydrogens is 825 g/mol. The number of rotatable bonds is 18. The van der Waals surface area contributed by atoms with Crippen LogP contribution in [0.5, 0.6) is 0 Å². The molecule has 0 radical (unpaired) electrons. The maximum absolute atomic E-state index is 14.3. The second-order valence-corrected chi connectivity index (χ2v) is 21.3. The largest absolute Gasteiger partial charge is 0.375 e. The number of hydrogen-bond donors (Lipinski definition) is 4. The summed E-state index contributed by atoms with van der Waals surface area (Å²) in [4.78, 5) is 81.7. The molecule has 1 heterocycles. The topological polar surface area (TPSA) is 199 Å². The average Bonchev–Trinajstić information content (AvgIpc) is 4.06. The van der Waals surface area contributed by atoms with Crippen LogP contribution in [-0.4, -0.2) is 90.5 Å². The van der Waals surface area contributed by atoms with E-state index in [1.54, 1.807) is 11.0 Å². The van der Waals surface area contributed by atoms with E-state index in [4.69, 9.17) is 15.2 Å². The quantitative estimate of drug-likeness (QED) is 0.0675. The van der Waals surface area contributed by atoms with Crippen LogP contribution < -0.4 is 21.7 Å². The Hall–Kier alpha value is -4.91. The number of ether oxygens (including phenoxy) is 2. The summed E-state index contributed by atoms with van der Waals surface area (Å²) in [6, 6.07) is 15.9. The van der Waals surface area contributed by atoms with Crippen molar-refractivity contribution in [2.75, 3.05) is 19.8 Å². The number of carbonyl (C=O) groups is 5. The fourth-order valence-corrected chi connectivity index (χ4v) is 8.09. The van der Waals surface area contributed by atoms with Crippen molar-refractivity contribution in [3.05, 3.63) is 71.8 Å². The van der Waals surface area contributed by atoms with Gasteiger partial charge in [0.2, 0.25) is 23.7 Å². The number of isocyanates is 1. The summed E-state index contributed by atoms with van der Waals surface area (Å²) < 4.78 is 11.6. The number of carbonyl (C=O) groups excluding carboxylic acids is 6. The Morgan fingerprint density at radius 3 is 1.75 bits per heavy atom. The number of ketones is 1. The molecule has 14 heteroatoms. The van der Waals surface area contributed by atoms with Crippen molar-refractivity contribution >= 4 is 35.6 Å². The molecular formula is C51H80N6O8. The number of amides is 5. The van der Waals surface area contributed by atoms with Crippen molar-refractivity contribution in [1.82, 2.24) is 20.9 Å². The smallest absolute Gasteiger partial charge is 0.315 e. The van der Waals surface area contributed by atoms with Gasteiger partial charge < -0.3 is 36.1 Å². The van der Waals surface area contributed by atoms with Crippen LogP contribution >= 0.6 is 0 Å². The molecule has 2 aromatic carbocycles. The molecule has 14 nitrogen and oxygen atoms in total. The monoisotopic (exact) mass is 905 g/mol. The summed E-state index contributed by atoms with van der Waals surface area (Å²) >= 11 is 0. The Labute approximate surface area is 389 Å². The van der Waals surface area contributed by atoms with Gasteiger partial charge in [-0.15, -0.1) is 0 Å². The number of benzene rings is 2. The van der Waals surface area contributed by atoms with E-state index >= 15 is 0 Å². The highest BCUT2D eigenvalue weighted by Gasteiger charge is 2.70. The van der Waals surface area contributed by atoms with Crippen molar-refractivity contribution in [1.29, 1.82) is 0 Å². The highest BCUT2D eigenvalue weighted by molar-refractivity contribution is 6.37. The van der Waals surface area contributed by atoms with E-state index in [1.165, 1.54) is 0 Å². The number of urea groups is 1. The maximum atomic E-state index is 14.3. The van der Waals surface area contributed by atoms with Gasteiger partial charge in [-0.2, -0.15) is 4.99 Å². The highest BCUT2D eigenvalue weighted by Crippen LogP contribution is 2.65. The predicted octanol–water partition coefficient (Wildman–Crippen LogP) is 7.38. The zero-order valence-corrected chi connectivity index (χ0v) is 39.3. The summed E-state index contributed by atoms with van der Waals surface area (Å²) in [5.41, 5.74) is 6.18. The lowest BCUT2D eigenvalue weighted by atomic mass is 9.85. The van der Waals surface area contributed by atoms with Crippen molar-refractivity contribution in [3.63, 3.8) is 0 Å². The molecule has 0 spiro atoms. The molecule has 5 rings (SSSR count). The van der Waals surface area contributed by atoms with Crippen LogP contribution in [0.2, 0.25) is 0 Å². The molecule has 65 heavy (non-hydrogen) atoms. The first kappa shape index (κ1) is 56.2. The minimum atomic E-state index is -1.09. The van der Waals surface area contributed by atoms with E-state index in [9.17, 15) is 28.8 Å². The number of fused-ring (bicyclic) bond motifs is 1. The molecule has 5 N–H and O–H groups in total. The number of aliphatic imine (C=N–C) groups is 1. The van der Waals surface area contributed by atoms with Gasteiger partial charge in [0.1, 0.15) is 12.1 Å². The van der Waals surface area contributed by atoms with E-state index in [1.807, 2.05) is 123 Å². The van der Waals surface area contributed by atoms with Crippen LogP contribution in [0.1, 0.15) is 121 Å². The van der Waals surface area contributed by atoms with E-state index in [-0.39, 0.29) is 73.4 Å².